The van der Waals surface area contributed by atoms with E-state index in [2.05, 4.69) is 87.7 Å². The molecule has 2 aromatic rings. The van der Waals surface area contributed by atoms with Gasteiger partial charge in [-0.05, 0) is 49.7 Å². The first-order valence-electron chi connectivity index (χ1n) is 10.9. The van der Waals surface area contributed by atoms with Gasteiger partial charge in [-0.25, -0.2) is 0 Å². The largest absolute Gasteiger partial charge is 0.103 e. The van der Waals surface area contributed by atoms with Crippen LogP contribution in [0.15, 0.2) is 86.0 Å². The van der Waals surface area contributed by atoms with Gasteiger partial charge in [0.05, 0.1) is 0 Å². The van der Waals surface area contributed by atoms with E-state index in [0.717, 1.165) is 12.8 Å². The van der Waals surface area contributed by atoms with Gasteiger partial charge in [0.15, 0.2) is 0 Å². The van der Waals surface area contributed by atoms with Crippen LogP contribution < -0.4 is 0 Å². The van der Waals surface area contributed by atoms with Gasteiger partial charge in [-0.15, -0.1) is 13.2 Å². The summed E-state index contributed by atoms with van der Waals surface area (Å²) in [7, 11) is 0. The number of allylic oxidation sites excluding steroid dienone is 2. The van der Waals surface area contributed by atoms with Crippen molar-refractivity contribution < 1.29 is 0 Å². The second-order valence-corrected chi connectivity index (χ2v) is 8.47. The Morgan fingerprint density at radius 1 is 0.607 bits per heavy atom. The molecule has 0 saturated carbocycles. The minimum absolute atomic E-state index is 0.0883. The molecule has 2 atom stereocenters. The topological polar surface area (TPSA) is 0 Å². The lowest BCUT2D eigenvalue weighted by Gasteiger charge is -2.48. The van der Waals surface area contributed by atoms with Crippen molar-refractivity contribution in [1.29, 1.82) is 0 Å². The average Bonchev–Trinajstić information content (AvgIpc) is 2.75. The van der Waals surface area contributed by atoms with Crippen LogP contribution in [0.4, 0.5) is 0 Å². The molecule has 0 heterocycles. The standard InChI is InChI=1S/C28H38/c1-5-7-9-17-23-27(3,25-19-13-11-14-20-25)28(4,24-18-10-8-6-2)26-21-15-12-16-22-26/h5-6,11-16,19-22H,1-2,7-10,17-18,23-24H2,3-4H3. The Balaban J connectivity index is 2.44. The molecule has 0 amide bonds. The van der Waals surface area contributed by atoms with Crippen molar-refractivity contribution >= 4 is 0 Å². The molecule has 0 nitrogen and oxygen atoms in total. The van der Waals surface area contributed by atoms with Crippen LogP contribution in [0.1, 0.15) is 76.3 Å². The maximum absolute atomic E-state index is 3.90. The lowest BCUT2D eigenvalue weighted by Crippen LogP contribution is -2.45. The number of rotatable bonds is 13. The molecule has 2 aromatic carbocycles. The van der Waals surface area contributed by atoms with E-state index >= 15 is 0 Å². The number of unbranched alkanes of at least 4 members (excludes halogenated alkanes) is 4. The van der Waals surface area contributed by atoms with Crippen molar-refractivity contribution in [3.8, 4) is 0 Å². The molecule has 0 spiro atoms. The van der Waals surface area contributed by atoms with E-state index in [0.29, 0.717) is 0 Å². The zero-order valence-electron chi connectivity index (χ0n) is 18.0. The van der Waals surface area contributed by atoms with Gasteiger partial charge in [0.25, 0.3) is 0 Å². The first-order chi connectivity index (χ1) is 13.6. The monoisotopic (exact) mass is 374 g/mol. The highest BCUT2D eigenvalue weighted by atomic mass is 14.5. The molecular weight excluding hydrogens is 336 g/mol. The highest BCUT2D eigenvalue weighted by Crippen LogP contribution is 2.50. The van der Waals surface area contributed by atoms with Crippen LogP contribution in [0.25, 0.3) is 0 Å². The van der Waals surface area contributed by atoms with Crippen LogP contribution in [0, 0.1) is 0 Å². The fraction of sp³-hybridized carbons (Fsp3) is 0.429. The Morgan fingerprint density at radius 2 is 0.964 bits per heavy atom. The maximum atomic E-state index is 3.90. The van der Waals surface area contributed by atoms with E-state index in [9.17, 15) is 0 Å². The van der Waals surface area contributed by atoms with Crippen molar-refractivity contribution in [3.63, 3.8) is 0 Å². The normalized spacial score (nSPS) is 15.4. The Bertz CT molecular complexity index is 636. The van der Waals surface area contributed by atoms with E-state index in [4.69, 9.17) is 0 Å². The van der Waals surface area contributed by atoms with Gasteiger partial charge >= 0.3 is 0 Å². The third-order valence-corrected chi connectivity index (χ3v) is 6.71. The molecule has 0 aliphatic rings. The van der Waals surface area contributed by atoms with Gasteiger partial charge in [0.1, 0.15) is 0 Å². The molecular formula is C28H38. The van der Waals surface area contributed by atoms with Gasteiger partial charge in [0, 0.05) is 10.8 Å². The fourth-order valence-corrected chi connectivity index (χ4v) is 4.62. The predicted molar refractivity (Wildman–Crippen MR) is 125 cm³/mol. The molecule has 28 heavy (non-hydrogen) atoms. The van der Waals surface area contributed by atoms with Gasteiger partial charge < -0.3 is 0 Å². The third-order valence-electron chi connectivity index (χ3n) is 6.71. The van der Waals surface area contributed by atoms with E-state index < -0.39 is 0 Å². The van der Waals surface area contributed by atoms with Gasteiger partial charge in [-0.3, -0.25) is 0 Å². The first kappa shape index (κ1) is 22.2. The van der Waals surface area contributed by atoms with Crippen LogP contribution in [0.3, 0.4) is 0 Å². The molecule has 0 aliphatic heterocycles. The number of hydrogen-bond acceptors (Lipinski definition) is 0. The lowest BCUT2D eigenvalue weighted by atomic mass is 9.55. The highest BCUT2D eigenvalue weighted by molar-refractivity contribution is 5.37. The van der Waals surface area contributed by atoms with Gasteiger partial charge in [0.2, 0.25) is 0 Å². The summed E-state index contributed by atoms with van der Waals surface area (Å²) in [6, 6.07) is 22.4. The zero-order chi connectivity index (χ0) is 20.3. The number of benzene rings is 2. The van der Waals surface area contributed by atoms with Gasteiger partial charge in [-0.2, -0.15) is 0 Å². The van der Waals surface area contributed by atoms with Crippen LogP contribution in [0.5, 0.6) is 0 Å². The molecule has 0 aliphatic carbocycles. The SMILES string of the molecule is C=CCCCCC(C)(c1ccccc1)C(C)(CCCCC=C)c1ccccc1. The maximum Gasteiger partial charge on any atom is 0.00189 e. The number of hydrogen-bond donors (Lipinski definition) is 0. The van der Waals surface area contributed by atoms with Crippen molar-refractivity contribution in [2.24, 2.45) is 0 Å². The summed E-state index contributed by atoms with van der Waals surface area (Å²) in [4.78, 5) is 0. The summed E-state index contributed by atoms with van der Waals surface area (Å²) in [5, 5.41) is 0. The molecule has 0 saturated heterocycles. The molecule has 150 valence electrons. The predicted octanol–water partition coefficient (Wildman–Crippen LogP) is 8.40. The Hall–Kier alpha value is -2.08. The van der Waals surface area contributed by atoms with Crippen LogP contribution >= 0.6 is 0 Å². The second-order valence-electron chi connectivity index (χ2n) is 8.47. The minimum atomic E-state index is 0.0883. The lowest BCUT2D eigenvalue weighted by molar-refractivity contribution is 0.209. The van der Waals surface area contributed by atoms with Crippen molar-refractivity contribution in [2.45, 2.75) is 76.0 Å². The van der Waals surface area contributed by atoms with Gasteiger partial charge in [-0.1, -0.05) is 99.5 Å². The summed E-state index contributed by atoms with van der Waals surface area (Å²) >= 11 is 0. The van der Waals surface area contributed by atoms with Crippen LogP contribution in [0.2, 0.25) is 0 Å². The van der Waals surface area contributed by atoms with Crippen molar-refractivity contribution in [1.82, 2.24) is 0 Å². The molecule has 2 unspecified atom stereocenters. The second kappa shape index (κ2) is 11.1. The van der Waals surface area contributed by atoms with E-state index in [1.165, 1.54) is 49.7 Å². The Kier molecular flexibility index (Phi) is 8.77. The van der Waals surface area contributed by atoms with Crippen LogP contribution in [-0.2, 0) is 10.8 Å². The zero-order valence-corrected chi connectivity index (χ0v) is 18.0. The summed E-state index contributed by atoms with van der Waals surface area (Å²) in [6.45, 7) is 12.8. The molecule has 0 radical (unpaired) electrons. The Morgan fingerprint density at radius 3 is 1.29 bits per heavy atom. The third kappa shape index (κ3) is 5.25. The summed E-state index contributed by atoms with van der Waals surface area (Å²) in [5.74, 6) is 0. The minimum Gasteiger partial charge on any atom is -0.103 e. The first-order valence-corrected chi connectivity index (χ1v) is 10.9. The Labute approximate surface area is 173 Å². The molecule has 0 heteroatoms. The van der Waals surface area contributed by atoms with E-state index in [1.807, 2.05) is 12.2 Å². The van der Waals surface area contributed by atoms with Crippen molar-refractivity contribution in [2.75, 3.05) is 0 Å². The van der Waals surface area contributed by atoms with E-state index in [-0.39, 0.29) is 10.8 Å². The summed E-state index contributed by atoms with van der Waals surface area (Å²) < 4.78 is 0. The quantitative estimate of drug-likeness (QED) is 0.244. The fourth-order valence-electron chi connectivity index (χ4n) is 4.62. The molecule has 0 bridgehead atoms. The summed E-state index contributed by atoms with van der Waals surface area (Å²) in [6.07, 6.45) is 13.6. The van der Waals surface area contributed by atoms with E-state index in [1.54, 1.807) is 0 Å². The summed E-state index contributed by atoms with van der Waals surface area (Å²) in [5.41, 5.74) is 3.10. The molecule has 0 N–H and O–H groups in total. The van der Waals surface area contributed by atoms with Crippen molar-refractivity contribution in [3.05, 3.63) is 97.1 Å². The molecule has 0 fully saturated rings. The average molecular weight is 375 g/mol. The molecule has 0 aromatic heterocycles. The smallest absolute Gasteiger partial charge is 0.00189 e. The molecule has 2 rings (SSSR count). The van der Waals surface area contributed by atoms with Crippen LogP contribution in [-0.4, -0.2) is 0 Å². The highest BCUT2D eigenvalue weighted by Gasteiger charge is 2.45.